The third-order valence-electron chi connectivity index (χ3n) is 9.96. The van der Waals surface area contributed by atoms with Gasteiger partial charge in [-0.05, 0) is 65.2 Å². The van der Waals surface area contributed by atoms with Crippen molar-refractivity contribution in [2.24, 2.45) is 5.92 Å². The highest BCUT2D eigenvalue weighted by atomic mass is 31.2. The van der Waals surface area contributed by atoms with Crippen molar-refractivity contribution in [3.63, 3.8) is 0 Å². The summed E-state index contributed by atoms with van der Waals surface area (Å²) in [7, 11) is -7.80. The highest BCUT2D eigenvalue weighted by molar-refractivity contribution is 7.54. The molecule has 8 aromatic carbocycles. The van der Waals surface area contributed by atoms with Crippen LogP contribution in [0.25, 0.3) is 21.5 Å². The van der Waals surface area contributed by atoms with Crippen molar-refractivity contribution in [2.75, 3.05) is 6.16 Å². The van der Waals surface area contributed by atoms with E-state index in [-0.39, 0.29) is 19.4 Å². The van der Waals surface area contributed by atoms with Gasteiger partial charge in [-0.3, -0.25) is 9.59 Å². The Hall–Kier alpha value is -7.16. The second kappa shape index (κ2) is 27.7. The Kier molecular flexibility index (Phi) is 21.3. The first-order valence-corrected chi connectivity index (χ1v) is 26.5. The van der Waals surface area contributed by atoms with Gasteiger partial charge in [0.05, 0.1) is 12.1 Å². The molecule has 0 aliphatic carbocycles. The van der Waals surface area contributed by atoms with Crippen LogP contribution in [0.2, 0.25) is 0 Å². The SMILES string of the molecule is CC.CC.C[C@H](C[P@](=O)(Oc1ccccc1)Oc1cccc2ccccc12)C(=O)OCc1ccccc1.C[C@H](N[P@@](=O)(Oc1ccccc1)Oc1cccc2ccccc12)C(=O)OCc1ccccc1. The number of carbonyl (C=O) groups excluding carboxylic acids is 2. The van der Waals surface area contributed by atoms with Crippen LogP contribution in [-0.2, 0) is 41.4 Å². The van der Waals surface area contributed by atoms with Crippen LogP contribution in [0.3, 0.4) is 0 Å². The predicted octanol–water partition coefficient (Wildman–Crippen LogP) is 15.0. The van der Waals surface area contributed by atoms with Gasteiger partial charge in [0.1, 0.15) is 42.3 Å². The molecule has 0 saturated heterocycles. The Bertz CT molecular complexity index is 2710. The summed E-state index contributed by atoms with van der Waals surface area (Å²) < 4.78 is 62.1. The highest BCUT2D eigenvalue weighted by Crippen LogP contribution is 2.51. The number of carbonyl (C=O) groups is 2. The average Bonchev–Trinajstić information content (AvgIpc) is 3.39. The van der Waals surface area contributed by atoms with Gasteiger partial charge in [0.15, 0.2) is 0 Å². The Morgan fingerprint density at radius 3 is 1.31 bits per heavy atom. The largest absolute Gasteiger partial charge is 0.513 e. The number of para-hydroxylation sites is 2. The van der Waals surface area contributed by atoms with Crippen molar-refractivity contribution >= 4 is 48.8 Å². The molecule has 0 aliphatic rings. The maximum Gasteiger partial charge on any atom is 0.513 e. The number of fused-ring (bicyclic) bond motifs is 2. The molecular formula is C57H61NO10P2. The summed E-state index contributed by atoms with van der Waals surface area (Å²) in [5.74, 6) is -0.154. The number of hydrogen-bond acceptors (Lipinski definition) is 10. The lowest BCUT2D eigenvalue weighted by Crippen LogP contribution is -2.35. The third kappa shape index (κ3) is 16.5. The fourth-order valence-corrected chi connectivity index (χ4v) is 10.1. The monoisotopic (exact) mass is 981 g/mol. The molecule has 364 valence electrons. The van der Waals surface area contributed by atoms with E-state index in [1.165, 1.54) is 0 Å². The van der Waals surface area contributed by atoms with Crippen LogP contribution in [0.1, 0.15) is 52.7 Å². The van der Waals surface area contributed by atoms with E-state index in [0.29, 0.717) is 23.0 Å². The van der Waals surface area contributed by atoms with Gasteiger partial charge in [0.2, 0.25) is 0 Å². The van der Waals surface area contributed by atoms with E-state index >= 15 is 0 Å². The summed E-state index contributed by atoms with van der Waals surface area (Å²) in [5, 5.41) is 6.20. The van der Waals surface area contributed by atoms with Gasteiger partial charge in [-0.25, -0.2) is 9.13 Å². The van der Waals surface area contributed by atoms with Gasteiger partial charge in [-0.15, -0.1) is 0 Å². The minimum absolute atomic E-state index is 0.111. The molecule has 1 N–H and O–H groups in total. The zero-order chi connectivity index (χ0) is 50.2. The van der Waals surface area contributed by atoms with Crippen LogP contribution in [0.5, 0.6) is 23.0 Å². The lowest BCUT2D eigenvalue weighted by Gasteiger charge is -2.23. The molecule has 4 atom stereocenters. The summed E-state index contributed by atoms with van der Waals surface area (Å²) in [5.41, 5.74) is 1.74. The lowest BCUT2D eigenvalue weighted by atomic mass is 10.1. The van der Waals surface area contributed by atoms with Crippen molar-refractivity contribution in [2.45, 2.75) is 60.8 Å². The molecule has 0 fully saturated rings. The number of rotatable bonds is 18. The second-order valence-electron chi connectivity index (χ2n) is 15.2. The average molecular weight is 982 g/mol. The van der Waals surface area contributed by atoms with Crippen LogP contribution in [0.4, 0.5) is 0 Å². The van der Waals surface area contributed by atoms with Crippen LogP contribution in [-0.4, -0.2) is 24.1 Å². The molecular weight excluding hydrogens is 921 g/mol. The molecule has 13 heteroatoms. The Balaban J connectivity index is 0.000000244. The Morgan fingerprint density at radius 2 is 0.829 bits per heavy atom. The van der Waals surface area contributed by atoms with Crippen molar-refractivity contribution in [3.05, 3.63) is 217 Å². The second-order valence-corrected chi connectivity index (χ2v) is 18.7. The molecule has 0 spiro atoms. The molecule has 0 saturated carbocycles. The van der Waals surface area contributed by atoms with Crippen molar-refractivity contribution in [1.82, 2.24) is 5.09 Å². The number of nitrogens with one attached hydrogen (secondary N) is 1. The number of ether oxygens (including phenoxy) is 2. The van der Waals surface area contributed by atoms with Gasteiger partial charge < -0.3 is 27.6 Å². The van der Waals surface area contributed by atoms with Crippen molar-refractivity contribution < 1.29 is 46.3 Å². The molecule has 70 heavy (non-hydrogen) atoms. The smallest absolute Gasteiger partial charge is 0.461 e. The van der Waals surface area contributed by atoms with Crippen LogP contribution in [0, 0.1) is 5.92 Å². The van der Waals surface area contributed by atoms with E-state index in [4.69, 9.17) is 27.6 Å². The van der Waals surface area contributed by atoms with Crippen LogP contribution < -0.4 is 23.2 Å². The zero-order valence-electron chi connectivity index (χ0n) is 40.4. The van der Waals surface area contributed by atoms with Gasteiger partial charge in [-0.1, -0.05) is 204 Å². The molecule has 0 radical (unpaired) electrons. The Labute approximate surface area is 411 Å². The molecule has 11 nitrogen and oxygen atoms in total. The first-order chi connectivity index (χ1) is 34.0. The van der Waals surface area contributed by atoms with Crippen molar-refractivity contribution in [1.29, 1.82) is 0 Å². The molecule has 0 aromatic heterocycles. The number of hydrogen-bond donors (Lipinski definition) is 1. The summed E-state index contributed by atoms with van der Waals surface area (Å²) >= 11 is 0. The zero-order valence-corrected chi connectivity index (χ0v) is 42.2. The standard InChI is InChI=1S/C27H25O5P.C26H24NO5P.2C2H6/c1-21(27(28)30-19-22-11-4-2-5-12-22)20-33(29,31-24-15-6-3-7-16-24)32-26-18-10-14-23-13-8-9-17-25(23)26;1-20(26(28)30-19-21-11-4-2-5-12-21)27-33(29,31-23-15-6-3-7-16-23)32-25-18-10-14-22-13-8-9-17-24(22)25;2*1-2/h2-18,21H,19-20H2,1H3;2-18,20H,19H2,1H3,(H,27,29);2*1-2H3/t21-,33+;20-,33+;;/m10../s1. The van der Waals surface area contributed by atoms with E-state index in [1.54, 1.807) is 74.5 Å². The first kappa shape index (κ1) is 53.8. The quantitative estimate of drug-likeness (QED) is 0.0650. The van der Waals surface area contributed by atoms with Gasteiger partial charge in [0.25, 0.3) is 0 Å². The maximum absolute atomic E-state index is 13.9. The third-order valence-corrected chi connectivity index (χ3v) is 13.5. The van der Waals surface area contributed by atoms with Crippen LogP contribution >= 0.6 is 15.3 Å². The predicted molar refractivity (Wildman–Crippen MR) is 280 cm³/mol. The minimum Gasteiger partial charge on any atom is -0.461 e. The number of benzene rings is 8. The molecule has 0 unspecified atom stereocenters. The maximum atomic E-state index is 13.9. The number of esters is 2. The molecule has 8 aromatic rings. The molecule has 0 bridgehead atoms. The molecule has 0 amide bonds. The molecule has 0 heterocycles. The normalized spacial score (nSPS) is 13.0. The van der Waals surface area contributed by atoms with Gasteiger partial charge in [0, 0.05) is 10.8 Å². The first-order valence-electron chi connectivity index (χ1n) is 23.3. The van der Waals surface area contributed by atoms with Gasteiger partial charge >= 0.3 is 27.3 Å². The molecule has 8 rings (SSSR count). The fourth-order valence-electron chi connectivity index (χ4n) is 6.68. The van der Waals surface area contributed by atoms with E-state index < -0.39 is 39.2 Å². The van der Waals surface area contributed by atoms with E-state index in [0.717, 1.165) is 32.7 Å². The summed E-state index contributed by atoms with van der Waals surface area (Å²) in [6.45, 7) is 11.5. The summed E-state index contributed by atoms with van der Waals surface area (Å²) in [6, 6.07) is 61.6. The fraction of sp³-hybridized carbons (Fsp3) is 0.193. The van der Waals surface area contributed by atoms with E-state index in [1.807, 2.05) is 173 Å². The van der Waals surface area contributed by atoms with Gasteiger partial charge in [-0.2, -0.15) is 5.09 Å². The van der Waals surface area contributed by atoms with E-state index in [9.17, 15) is 18.7 Å². The lowest BCUT2D eigenvalue weighted by molar-refractivity contribution is -0.148. The minimum atomic E-state index is -4.02. The Morgan fingerprint density at radius 1 is 0.443 bits per heavy atom. The van der Waals surface area contributed by atoms with E-state index in [2.05, 4.69) is 5.09 Å². The molecule has 0 aliphatic heterocycles. The van der Waals surface area contributed by atoms with Crippen LogP contribution in [0.15, 0.2) is 206 Å². The van der Waals surface area contributed by atoms with Crippen molar-refractivity contribution in [3.8, 4) is 23.0 Å². The highest BCUT2D eigenvalue weighted by Gasteiger charge is 2.36. The summed E-state index contributed by atoms with van der Waals surface area (Å²) in [6.07, 6.45) is -0.126. The summed E-state index contributed by atoms with van der Waals surface area (Å²) in [4.78, 5) is 25.3. The topological polar surface area (TPSA) is 136 Å².